The van der Waals surface area contributed by atoms with Crippen LogP contribution in [-0.2, 0) is 4.79 Å². The fraction of sp³-hybridized carbons (Fsp3) is 0.167. The van der Waals surface area contributed by atoms with Gasteiger partial charge in [-0.3, -0.25) is 10.1 Å². The second kappa shape index (κ2) is 8.25. The largest absolute Gasteiger partial charge is 0.484 e. The predicted molar refractivity (Wildman–Crippen MR) is 99.2 cm³/mol. The number of ether oxygens (including phenoxy) is 1. The quantitative estimate of drug-likeness (QED) is 0.713. The number of benzene rings is 2. The molecule has 0 spiro atoms. The molecule has 0 unspecified atom stereocenters. The molecule has 2 rings (SSSR count). The molecule has 0 fully saturated rings. The molecule has 25 heavy (non-hydrogen) atoms. The molecule has 0 bridgehead atoms. The van der Waals surface area contributed by atoms with Crippen LogP contribution in [0.25, 0.3) is 0 Å². The summed E-state index contributed by atoms with van der Waals surface area (Å²) in [4.78, 5) is 23.0. The van der Waals surface area contributed by atoms with Crippen LogP contribution in [0.3, 0.4) is 0 Å². The van der Waals surface area contributed by atoms with E-state index < -0.39 is 11.9 Å². The summed E-state index contributed by atoms with van der Waals surface area (Å²) in [5, 5.41) is 14.5. The van der Waals surface area contributed by atoms with E-state index in [2.05, 4.69) is 10.6 Å². The van der Waals surface area contributed by atoms with Gasteiger partial charge in [-0.05, 0) is 55.9 Å². The molecule has 7 heteroatoms. The zero-order chi connectivity index (χ0) is 18.4. The van der Waals surface area contributed by atoms with E-state index in [4.69, 9.17) is 22.1 Å². The zero-order valence-corrected chi connectivity index (χ0v) is 14.6. The summed E-state index contributed by atoms with van der Waals surface area (Å²) in [6.07, 6.45) is 0. The van der Waals surface area contributed by atoms with Crippen LogP contribution < -0.4 is 15.4 Å². The van der Waals surface area contributed by atoms with Gasteiger partial charge in [-0.2, -0.15) is 0 Å². The molecule has 130 valence electrons. The lowest BCUT2D eigenvalue weighted by molar-refractivity contribution is -0.121. The minimum absolute atomic E-state index is 0.0724. The predicted octanol–water partition coefficient (Wildman–Crippen LogP) is 2.89. The number of carboxylic acid groups (broad SMARTS) is 1. The first-order valence-electron chi connectivity index (χ1n) is 7.50. The second-order valence-corrected chi connectivity index (χ2v) is 5.80. The summed E-state index contributed by atoms with van der Waals surface area (Å²) in [6, 6.07) is 12.1. The highest BCUT2D eigenvalue weighted by Gasteiger charge is 2.12. The molecule has 1 amide bonds. The van der Waals surface area contributed by atoms with Gasteiger partial charge in [0.05, 0.1) is 5.56 Å². The lowest BCUT2D eigenvalue weighted by atomic mass is 10.1. The summed E-state index contributed by atoms with van der Waals surface area (Å²) in [6.45, 7) is 3.44. The van der Waals surface area contributed by atoms with Crippen molar-refractivity contribution in [1.29, 1.82) is 0 Å². The van der Waals surface area contributed by atoms with Crippen LogP contribution in [0.2, 0.25) is 0 Å². The van der Waals surface area contributed by atoms with Gasteiger partial charge in [-0.15, -0.1) is 0 Å². The summed E-state index contributed by atoms with van der Waals surface area (Å²) in [5.41, 5.74) is 2.31. The van der Waals surface area contributed by atoms with Crippen LogP contribution in [0, 0.1) is 13.8 Å². The monoisotopic (exact) mass is 358 g/mol. The normalized spacial score (nSPS) is 10.0. The average Bonchev–Trinajstić information content (AvgIpc) is 2.56. The molecule has 2 aromatic carbocycles. The van der Waals surface area contributed by atoms with Crippen molar-refractivity contribution in [2.45, 2.75) is 13.8 Å². The second-order valence-electron chi connectivity index (χ2n) is 5.39. The Morgan fingerprint density at radius 2 is 1.80 bits per heavy atom. The Labute approximate surface area is 150 Å². The van der Waals surface area contributed by atoms with Crippen LogP contribution in [0.1, 0.15) is 21.5 Å². The number of carboxylic acids is 1. The summed E-state index contributed by atoms with van der Waals surface area (Å²) in [7, 11) is 0. The van der Waals surface area contributed by atoms with Crippen LogP contribution in [-0.4, -0.2) is 28.7 Å². The van der Waals surface area contributed by atoms with Gasteiger partial charge in [0.1, 0.15) is 5.75 Å². The van der Waals surface area contributed by atoms with Gasteiger partial charge in [0, 0.05) is 5.69 Å². The fourth-order valence-electron chi connectivity index (χ4n) is 2.10. The number of carbonyl (C=O) groups excluding carboxylic acids is 1. The molecule has 0 aliphatic carbocycles. The van der Waals surface area contributed by atoms with Gasteiger partial charge in [0.15, 0.2) is 11.7 Å². The molecule has 0 saturated heterocycles. The number of anilines is 1. The van der Waals surface area contributed by atoms with Crippen molar-refractivity contribution >= 4 is 34.9 Å². The van der Waals surface area contributed by atoms with Crippen molar-refractivity contribution in [3.63, 3.8) is 0 Å². The van der Waals surface area contributed by atoms with Crippen LogP contribution in [0.15, 0.2) is 42.5 Å². The van der Waals surface area contributed by atoms with Crippen molar-refractivity contribution in [3.8, 4) is 5.75 Å². The minimum Gasteiger partial charge on any atom is -0.484 e. The molecular weight excluding hydrogens is 340 g/mol. The Bertz CT molecular complexity index is 803. The number of hydrogen-bond donors (Lipinski definition) is 3. The van der Waals surface area contributed by atoms with Crippen LogP contribution >= 0.6 is 12.2 Å². The van der Waals surface area contributed by atoms with Crippen molar-refractivity contribution in [3.05, 3.63) is 59.2 Å². The highest BCUT2D eigenvalue weighted by atomic mass is 32.1. The zero-order valence-electron chi connectivity index (χ0n) is 13.8. The number of aryl methyl sites for hydroxylation is 1. The minimum atomic E-state index is -1.03. The molecule has 0 aromatic heterocycles. The third-order valence-electron chi connectivity index (χ3n) is 3.46. The van der Waals surface area contributed by atoms with Gasteiger partial charge in [-0.25, -0.2) is 4.79 Å². The molecule has 0 heterocycles. The number of hydrogen-bond acceptors (Lipinski definition) is 4. The Morgan fingerprint density at radius 3 is 2.44 bits per heavy atom. The first-order valence-corrected chi connectivity index (χ1v) is 7.91. The van der Waals surface area contributed by atoms with E-state index in [-0.39, 0.29) is 17.3 Å². The molecule has 0 aliphatic rings. The maximum atomic E-state index is 11.9. The Balaban J connectivity index is 1.89. The van der Waals surface area contributed by atoms with Gasteiger partial charge in [-0.1, -0.05) is 23.8 Å². The van der Waals surface area contributed by atoms with Gasteiger partial charge >= 0.3 is 5.97 Å². The first-order chi connectivity index (χ1) is 11.9. The Morgan fingerprint density at radius 1 is 1.12 bits per heavy atom. The number of amides is 1. The average molecular weight is 358 g/mol. The highest BCUT2D eigenvalue weighted by molar-refractivity contribution is 7.80. The van der Waals surface area contributed by atoms with E-state index in [0.717, 1.165) is 5.56 Å². The summed E-state index contributed by atoms with van der Waals surface area (Å²) >= 11 is 5.08. The molecule has 0 atom stereocenters. The standard InChI is InChI=1S/C18H18N2O4S/c1-11-6-8-13(9-7-11)24-10-16(21)20-18(25)19-15-5-3-4-14(12(15)2)17(22)23/h3-9H,10H2,1-2H3,(H,22,23)(H2,19,20,21,25). The molecule has 3 N–H and O–H groups in total. The van der Waals surface area contributed by atoms with Gasteiger partial charge in [0.2, 0.25) is 0 Å². The first kappa shape index (κ1) is 18.4. The maximum absolute atomic E-state index is 11.9. The van der Waals surface area contributed by atoms with Gasteiger partial charge < -0.3 is 15.2 Å². The SMILES string of the molecule is Cc1ccc(OCC(=O)NC(=S)Nc2cccc(C(=O)O)c2C)cc1. The van der Waals surface area contributed by atoms with E-state index in [1.807, 2.05) is 19.1 Å². The number of rotatable bonds is 5. The molecule has 2 aromatic rings. The number of aromatic carboxylic acids is 1. The van der Waals surface area contributed by atoms with E-state index in [1.54, 1.807) is 31.2 Å². The lowest BCUT2D eigenvalue weighted by Gasteiger charge is -2.13. The molecule has 0 saturated carbocycles. The number of carbonyl (C=O) groups is 2. The van der Waals surface area contributed by atoms with Crippen molar-refractivity contribution in [1.82, 2.24) is 5.32 Å². The number of thiocarbonyl (C=S) groups is 1. The van der Waals surface area contributed by atoms with Crippen molar-refractivity contribution in [2.24, 2.45) is 0 Å². The Kier molecular flexibility index (Phi) is 6.08. The third-order valence-corrected chi connectivity index (χ3v) is 3.66. The van der Waals surface area contributed by atoms with E-state index in [1.165, 1.54) is 6.07 Å². The topological polar surface area (TPSA) is 87.7 Å². The van der Waals surface area contributed by atoms with Crippen LogP contribution in [0.5, 0.6) is 5.75 Å². The van der Waals surface area contributed by atoms with E-state index in [0.29, 0.717) is 17.0 Å². The summed E-state index contributed by atoms with van der Waals surface area (Å²) < 4.78 is 5.37. The number of nitrogens with one attached hydrogen (secondary N) is 2. The molecular formula is C18H18N2O4S. The molecule has 6 nitrogen and oxygen atoms in total. The maximum Gasteiger partial charge on any atom is 0.336 e. The fourth-order valence-corrected chi connectivity index (χ4v) is 2.33. The van der Waals surface area contributed by atoms with E-state index >= 15 is 0 Å². The highest BCUT2D eigenvalue weighted by Crippen LogP contribution is 2.18. The molecule has 0 radical (unpaired) electrons. The lowest BCUT2D eigenvalue weighted by Crippen LogP contribution is -2.37. The smallest absolute Gasteiger partial charge is 0.336 e. The van der Waals surface area contributed by atoms with Gasteiger partial charge in [0.25, 0.3) is 5.91 Å². The van der Waals surface area contributed by atoms with Crippen molar-refractivity contribution in [2.75, 3.05) is 11.9 Å². The molecule has 0 aliphatic heterocycles. The third kappa shape index (κ3) is 5.29. The van der Waals surface area contributed by atoms with Crippen LogP contribution in [0.4, 0.5) is 5.69 Å². The van der Waals surface area contributed by atoms with E-state index in [9.17, 15) is 9.59 Å². The van der Waals surface area contributed by atoms with Crippen molar-refractivity contribution < 1.29 is 19.4 Å². The Hall–Kier alpha value is -2.93. The summed E-state index contributed by atoms with van der Waals surface area (Å²) in [5.74, 6) is -0.850.